The highest BCUT2D eigenvalue weighted by molar-refractivity contribution is 4.97. The molecule has 16 nitrogen and oxygen atoms in total. The normalized spacial score (nSPS) is 44.8. The van der Waals surface area contributed by atoms with Crippen molar-refractivity contribution in [1.82, 2.24) is 0 Å². The van der Waals surface area contributed by atoms with Crippen LogP contribution in [0.5, 0.6) is 0 Å². The molecule has 0 bridgehead atoms. The zero-order chi connectivity index (χ0) is 31.0. The molecule has 3 fully saturated rings. The van der Waals surface area contributed by atoms with Crippen LogP contribution in [0.4, 0.5) is 0 Å². The Morgan fingerprint density at radius 3 is 1.57 bits per heavy atom. The van der Waals surface area contributed by atoms with Gasteiger partial charge in [0.05, 0.1) is 19.8 Å². The molecule has 0 amide bonds. The first-order valence-electron chi connectivity index (χ1n) is 14.5. The van der Waals surface area contributed by atoms with Gasteiger partial charge in [-0.05, 0) is 27.7 Å². The van der Waals surface area contributed by atoms with E-state index in [9.17, 15) is 35.7 Å². The molecule has 15 atom stereocenters. The predicted molar refractivity (Wildman–Crippen MR) is 139 cm³/mol. The molecule has 42 heavy (non-hydrogen) atoms. The molecule has 7 N–H and O–H groups in total. The zero-order valence-electron chi connectivity index (χ0n) is 24.4. The standard InChI is InChI=1S/C26H48O16/c1-5-34-11-14-21(22(35-6-2)23(36-7-3)26(40-14)37-8-4)42-25-19(33)17(31)20(13(10-28)39-25)41-24-18(32)16(30)15(29)12(9-27)38-24/h12-33H,5-11H2,1-4H3/t12-,13-,14-,15-,16+,17-,18-,19-,20-,21-,22+,23-,24+,25+,26+/m1/s1. The highest BCUT2D eigenvalue weighted by Gasteiger charge is 2.54. The van der Waals surface area contributed by atoms with Crippen molar-refractivity contribution >= 4 is 0 Å². The van der Waals surface area contributed by atoms with Crippen LogP contribution in [0.3, 0.4) is 0 Å². The van der Waals surface area contributed by atoms with Crippen LogP contribution in [-0.2, 0) is 42.6 Å². The van der Waals surface area contributed by atoms with Gasteiger partial charge in [-0.2, -0.15) is 0 Å². The number of aliphatic hydroxyl groups excluding tert-OH is 7. The minimum atomic E-state index is -1.78. The van der Waals surface area contributed by atoms with Crippen molar-refractivity contribution in [2.45, 2.75) is 120 Å². The molecule has 3 saturated heterocycles. The zero-order valence-corrected chi connectivity index (χ0v) is 24.4. The fraction of sp³-hybridized carbons (Fsp3) is 1.00. The van der Waals surface area contributed by atoms with E-state index in [4.69, 9.17) is 42.6 Å². The number of rotatable bonds is 15. The Bertz CT molecular complexity index is 760. The Morgan fingerprint density at radius 1 is 0.476 bits per heavy atom. The quantitative estimate of drug-likeness (QED) is 0.0952. The molecule has 248 valence electrons. The number of aliphatic hydroxyl groups is 7. The Morgan fingerprint density at radius 2 is 1.00 bits per heavy atom. The average Bonchev–Trinajstić information content (AvgIpc) is 2.98. The minimum absolute atomic E-state index is 0.0742. The van der Waals surface area contributed by atoms with E-state index in [1.54, 1.807) is 13.8 Å². The van der Waals surface area contributed by atoms with E-state index in [1.807, 2.05) is 13.8 Å². The van der Waals surface area contributed by atoms with Gasteiger partial charge in [-0.15, -0.1) is 0 Å². The summed E-state index contributed by atoms with van der Waals surface area (Å²) < 4.78 is 52.5. The van der Waals surface area contributed by atoms with E-state index < -0.39 is 105 Å². The maximum Gasteiger partial charge on any atom is 0.187 e. The van der Waals surface area contributed by atoms with Crippen LogP contribution < -0.4 is 0 Å². The van der Waals surface area contributed by atoms with Gasteiger partial charge in [0.2, 0.25) is 0 Å². The van der Waals surface area contributed by atoms with Gasteiger partial charge in [-0.3, -0.25) is 0 Å². The third-order valence-corrected chi connectivity index (χ3v) is 7.38. The Balaban J connectivity index is 1.82. The van der Waals surface area contributed by atoms with E-state index in [0.717, 1.165) is 0 Å². The Hall–Kier alpha value is -0.640. The Labute approximate surface area is 244 Å². The largest absolute Gasteiger partial charge is 0.394 e. The third kappa shape index (κ3) is 8.14. The van der Waals surface area contributed by atoms with Gasteiger partial charge in [0, 0.05) is 26.4 Å². The molecule has 0 radical (unpaired) electrons. The molecule has 0 aromatic rings. The van der Waals surface area contributed by atoms with Crippen LogP contribution in [0.2, 0.25) is 0 Å². The maximum absolute atomic E-state index is 11.1. The molecule has 0 aromatic heterocycles. The smallest absolute Gasteiger partial charge is 0.187 e. The highest BCUT2D eigenvalue weighted by atomic mass is 16.8. The second-order valence-electron chi connectivity index (χ2n) is 10.1. The van der Waals surface area contributed by atoms with E-state index in [0.29, 0.717) is 19.8 Å². The van der Waals surface area contributed by atoms with Gasteiger partial charge in [-0.1, -0.05) is 0 Å². The minimum Gasteiger partial charge on any atom is -0.394 e. The second kappa shape index (κ2) is 17.2. The summed E-state index contributed by atoms with van der Waals surface area (Å²) in [6.45, 7) is 7.20. The lowest BCUT2D eigenvalue weighted by atomic mass is 9.96. The van der Waals surface area contributed by atoms with Crippen molar-refractivity contribution in [3.8, 4) is 0 Å². The van der Waals surface area contributed by atoms with Gasteiger partial charge in [0.25, 0.3) is 0 Å². The molecule has 3 rings (SSSR count). The summed E-state index contributed by atoms with van der Waals surface area (Å²) in [5.41, 5.74) is 0. The molecular weight excluding hydrogens is 568 g/mol. The molecule has 3 heterocycles. The average molecular weight is 617 g/mol. The monoisotopic (exact) mass is 616 g/mol. The van der Waals surface area contributed by atoms with Crippen molar-refractivity contribution in [3.05, 3.63) is 0 Å². The SMILES string of the molecule is CCOC[C@H]1O[C@H](OCC)[C@H](OCC)[C@@H](OCC)[C@@H]1O[C@@H]1O[C@H](CO)[C@@H](O[C@@H]2O[C@H](CO)[C@@H](O)[C@H](O)[C@H]2O)[C@H](O)[C@H]1O. The summed E-state index contributed by atoms with van der Waals surface area (Å²) in [5, 5.41) is 72.1. The summed E-state index contributed by atoms with van der Waals surface area (Å²) in [6, 6.07) is 0. The summed E-state index contributed by atoms with van der Waals surface area (Å²) in [7, 11) is 0. The molecule has 0 aromatic carbocycles. The predicted octanol–water partition coefficient (Wildman–Crippen LogP) is -3.40. The molecular formula is C26H48O16. The molecule has 0 saturated carbocycles. The highest BCUT2D eigenvalue weighted by Crippen LogP contribution is 2.34. The first-order chi connectivity index (χ1) is 20.2. The van der Waals surface area contributed by atoms with Crippen molar-refractivity contribution in [2.24, 2.45) is 0 Å². The van der Waals surface area contributed by atoms with E-state index in [1.165, 1.54) is 0 Å². The van der Waals surface area contributed by atoms with E-state index >= 15 is 0 Å². The van der Waals surface area contributed by atoms with E-state index in [-0.39, 0.29) is 13.2 Å². The summed E-state index contributed by atoms with van der Waals surface area (Å²) in [6.07, 6.45) is -19.8. The maximum atomic E-state index is 11.1. The first-order valence-corrected chi connectivity index (χ1v) is 14.5. The van der Waals surface area contributed by atoms with Crippen LogP contribution in [-0.4, -0.2) is 174 Å². The molecule has 16 heteroatoms. The fourth-order valence-corrected chi connectivity index (χ4v) is 5.28. The molecule has 3 aliphatic rings. The van der Waals surface area contributed by atoms with Crippen LogP contribution in [0.25, 0.3) is 0 Å². The summed E-state index contributed by atoms with van der Waals surface area (Å²) in [5.74, 6) is 0. The molecule has 0 aliphatic carbocycles. The van der Waals surface area contributed by atoms with E-state index in [2.05, 4.69) is 0 Å². The van der Waals surface area contributed by atoms with Crippen molar-refractivity contribution < 1.29 is 78.4 Å². The van der Waals surface area contributed by atoms with Crippen molar-refractivity contribution in [1.29, 1.82) is 0 Å². The first kappa shape index (κ1) is 35.8. The lowest BCUT2D eigenvalue weighted by Gasteiger charge is -2.49. The number of ether oxygens (including phenoxy) is 9. The fourth-order valence-electron chi connectivity index (χ4n) is 5.28. The van der Waals surface area contributed by atoms with Gasteiger partial charge in [0.15, 0.2) is 18.9 Å². The van der Waals surface area contributed by atoms with Gasteiger partial charge >= 0.3 is 0 Å². The molecule has 0 unspecified atom stereocenters. The molecule has 0 spiro atoms. The third-order valence-electron chi connectivity index (χ3n) is 7.38. The van der Waals surface area contributed by atoms with Gasteiger partial charge in [-0.25, -0.2) is 0 Å². The Kier molecular flexibility index (Phi) is 14.6. The van der Waals surface area contributed by atoms with Crippen LogP contribution >= 0.6 is 0 Å². The van der Waals surface area contributed by atoms with Gasteiger partial charge in [0.1, 0.15) is 73.2 Å². The lowest BCUT2D eigenvalue weighted by molar-refractivity contribution is -0.382. The summed E-state index contributed by atoms with van der Waals surface area (Å²) in [4.78, 5) is 0. The summed E-state index contributed by atoms with van der Waals surface area (Å²) >= 11 is 0. The van der Waals surface area contributed by atoms with Crippen LogP contribution in [0.15, 0.2) is 0 Å². The lowest BCUT2D eigenvalue weighted by Crippen LogP contribution is -2.67. The number of hydrogen-bond donors (Lipinski definition) is 7. The van der Waals surface area contributed by atoms with Crippen molar-refractivity contribution in [3.63, 3.8) is 0 Å². The van der Waals surface area contributed by atoms with Gasteiger partial charge < -0.3 is 78.4 Å². The molecule has 3 aliphatic heterocycles. The topological polar surface area (TPSA) is 225 Å². The van der Waals surface area contributed by atoms with Crippen LogP contribution in [0.1, 0.15) is 27.7 Å². The number of hydrogen-bond acceptors (Lipinski definition) is 16. The van der Waals surface area contributed by atoms with Crippen LogP contribution in [0, 0.1) is 0 Å². The second-order valence-corrected chi connectivity index (χ2v) is 10.1. The van der Waals surface area contributed by atoms with Crippen molar-refractivity contribution in [2.75, 3.05) is 46.2 Å².